The topological polar surface area (TPSA) is 72.6 Å². The Morgan fingerprint density at radius 2 is 1.31 bits per heavy atom. The van der Waals surface area contributed by atoms with Crippen LogP contribution >= 0.6 is 28.3 Å². The quantitative estimate of drug-likeness (QED) is 0.369. The van der Waals surface area contributed by atoms with E-state index in [1.54, 1.807) is 0 Å². The van der Waals surface area contributed by atoms with E-state index in [9.17, 15) is 13.2 Å². The Kier molecular flexibility index (Phi) is 8.27. The van der Waals surface area contributed by atoms with Crippen molar-refractivity contribution < 1.29 is 13.2 Å². The summed E-state index contributed by atoms with van der Waals surface area (Å²) >= 11 is 3.32. The van der Waals surface area contributed by atoms with E-state index in [0.717, 1.165) is 22.2 Å². The van der Waals surface area contributed by atoms with Gasteiger partial charge < -0.3 is 0 Å². The molecule has 5 nitrogen and oxygen atoms in total. The molecule has 26 heavy (non-hydrogen) atoms. The first-order valence-electron chi connectivity index (χ1n) is 6.94. The first-order chi connectivity index (χ1) is 11.8. The Bertz CT molecular complexity index is 774. The minimum absolute atomic E-state index is 0. The number of hydrogen-bond acceptors (Lipinski definition) is 3. The predicted molar refractivity (Wildman–Crippen MR) is 102 cm³/mol. The van der Waals surface area contributed by atoms with Crippen molar-refractivity contribution in [2.24, 2.45) is 10.2 Å². The van der Waals surface area contributed by atoms with Gasteiger partial charge in [0.05, 0.1) is 18.0 Å². The second-order valence-corrected chi connectivity index (χ2v) is 5.70. The second kappa shape index (κ2) is 9.93. The number of hydrogen-bond donors (Lipinski definition) is 3. The van der Waals surface area contributed by atoms with Gasteiger partial charge in [0, 0.05) is 4.47 Å². The molecule has 0 radical (unpaired) electrons. The lowest BCUT2D eigenvalue weighted by molar-refractivity contribution is -0.137. The Hall–Kier alpha value is -2.39. The Balaban J connectivity index is 0.00000338. The fraction of sp³-hybridized carbons (Fsp3) is 0.0625. The third-order valence-electron chi connectivity index (χ3n) is 2.89. The molecular formula is C16H14BrClF3N5. The van der Waals surface area contributed by atoms with Gasteiger partial charge in [-0.3, -0.25) is 5.41 Å². The van der Waals surface area contributed by atoms with Crippen molar-refractivity contribution >= 4 is 46.7 Å². The zero-order chi connectivity index (χ0) is 18.3. The molecule has 0 fully saturated rings. The normalized spacial score (nSPS) is 11.4. The Morgan fingerprint density at radius 3 is 1.73 bits per heavy atom. The van der Waals surface area contributed by atoms with Gasteiger partial charge in [-0.25, -0.2) is 10.9 Å². The molecule has 2 aromatic rings. The summed E-state index contributed by atoms with van der Waals surface area (Å²) < 4.78 is 38.3. The lowest BCUT2D eigenvalue weighted by Crippen LogP contribution is -2.29. The Labute approximate surface area is 162 Å². The van der Waals surface area contributed by atoms with Gasteiger partial charge in [-0.2, -0.15) is 23.4 Å². The van der Waals surface area contributed by atoms with Gasteiger partial charge in [0.2, 0.25) is 5.96 Å². The molecule has 3 N–H and O–H groups in total. The lowest BCUT2D eigenvalue weighted by atomic mass is 10.1. The minimum atomic E-state index is -4.37. The zero-order valence-electron chi connectivity index (χ0n) is 13.1. The number of benzene rings is 2. The van der Waals surface area contributed by atoms with Gasteiger partial charge in [-0.15, -0.1) is 12.4 Å². The van der Waals surface area contributed by atoms with Crippen molar-refractivity contribution in [3.05, 3.63) is 69.7 Å². The maximum absolute atomic E-state index is 12.4. The average molecular weight is 449 g/mol. The van der Waals surface area contributed by atoms with Crippen LogP contribution < -0.4 is 10.9 Å². The molecule has 0 heterocycles. The highest BCUT2D eigenvalue weighted by atomic mass is 79.9. The van der Waals surface area contributed by atoms with Crippen molar-refractivity contribution in [1.29, 1.82) is 5.41 Å². The molecule has 0 atom stereocenters. The summed E-state index contributed by atoms with van der Waals surface area (Å²) in [6.45, 7) is 0. The fourth-order valence-corrected chi connectivity index (χ4v) is 1.94. The van der Waals surface area contributed by atoms with Crippen LogP contribution in [-0.4, -0.2) is 18.4 Å². The molecule has 2 aromatic carbocycles. The molecule has 138 valence electrons. The molecule has 0 bridgehead atoms. The first-order valence-corrected chi connectivity index (χ1v) is 7.73. The third kappa shape index (κ3) is 7.24. The predicted octanol–water partition coefficient (Wildman–Crippen LogP) is 4.37. The first kappa shape index (κ1) is 21.7. The van der Waals surface area contributed by atoms with Crippen molar-refractivity contribution in [2.75, 3.05) is 0 Å². The van der Waals surface area contributed by atoms with Gasteiger partial charge in [-0.1, -0.05) is 40.2 Å². The van der Waals surface area contributed by atoms with Crippen LogP contribution in [0, 0.1) is 5.41 Å². The van der Waals surface area contributed by atoms with E-state index < -0.39 is 11.7 Å². The van der Waals surface area contributed by atoms with Crippen LogP contribution in [0.25, 0.3) is 0 Å². The molecule has 0 spiro atoms. The molecule has 0 aliphatic rings. The molecule has 10 heteroatoms. The van der Waals surface area contributed by atoms with Gasteiger partial charge in [0.1, 0.15) is 0 Å². The van der Waals surface area contributed by atoms with E-state index in [1.807, 2.05) is 24.3 Å². The number of nitrogens with one attached hydrogen (secondary N) is 3. The minimum Gasteiger partial charge on any atom is -0.266 e. The maximum atomic E-state index is 12.4. The highest BCUT2D eigenvalue weighted by Gasteiger charge is 2.29. The van der Waals surface area contributed by atoms with E-state index in [-0.39, 0.29) is 18.4 Å². The van der Waals surface area contributed by atoms with Crippen molar-refractivity contribution in [3.8, 4) is 0 Å². The van der Waals surface area contributed by atoms with E-state index in [0.29, 0.717) is 5.56 Å². The smallest absolute Gasteiger partial charge is 0.266 e. The zero-order valence-corrected chi connectivity index (χ0v) is 15.5. The monoisotopic (exact) mass is 447 g/mol. The standard InChI is InChI=1S/C16H13BrF3N5.ClH/c17-14-7-3-12(4-8-14)10-23-25-15(21)24-22-9-11-1-5-13(6-2-11)16(18,19)20;/h1-10H,(H3,21,24,25);1H. The van der Waals surface area contributed by atoms with E-state index in [1.165, 1.54) is 24.6 Å². The average Bonchev–Trinajstić information content (AvgIpc) is 2.56. The third-order valence-corrected chi connectivity index (χ3v) is 3.42. The van der Waals surface area contributed by atoms with E-state index in [2.05, 4.69) is 37.0 Å². The molecule has 0 amide bonds. The highest BCUT2D eigenvalue weighted by molar-refractivity contribution is 9.10. The summed E-state index contributed by atoms with van der Waals surface area (Å²) in [5.74, 6) is -0.184. The van der Waals surface area contributed by atoms with Gasteiger partial charge in [-0.05, 0) is 35.4 Å². The van der Waals surface area contributed by atoms with Crippen LogP contribution in [0.1, 0.15) is 16.7 Å². The maximum Gasteiger partial charge on any atom is 0.416 e. The van der Waals surface area contributed by atoms with Crippen molar-refractivity contribution in [2.45, 2.75) is 6.18 Å². The highest BCUT2D eigenvalue weighted by Crippen LogP contribution is 2.28. The number of alkyl halides is 3. The summed E-state index contributed by atoms with van der Waals surface area (Å²) in [5.41, 5.74) is 5.38. The molecule has 0 aliphatic heterocycles. The van der Waals surface area contributed by atoms with Crippen LogP contribution in [0.4, 0.5) is 13.2 Å². The number of rotatable bonds is 4. The molecule has 0 aliphatic carbocycles. The molecular weight excluding hydrogens is 435 g/mol. The van der Waals surface area contributed by atoms with Crippen LogP contribution in [-0.2, 0) is 6.18 Å². The van der Waals surface area contributed by atoms with Crippen LogP contribution in [0.5, 0.6) is 0 Å². The van der Waals surface area contributed by atoms with E-state index >= 15 is 0 Å². The molecule has 0 aromatic heterocycles. The summed E-state index contributed by atoms with van der Waals surface area (Å²) in [4.78, 5) is 0. The Morgan fingerprint density at radius 1 is 0.885 bits per heavy atom. The number of guanidine groups is 1. The van der Waals surface area contributed by atoms with Gasteiger partial charge in [0.25, 0.3) is 0 Å². The summed E-state index contributed by atoms with van der Waals surface area (Å²) in [7, 11) is 0. The van der Waals surface area contributed by atoms with Crippen LogP contribution in [0.2, 0.25) is 0 Å². The van der Waals surface area contributed by atoms with Gasteiger partial charge >= 0.3 is 6.18 Å². The van der Waals surface area contributed by atoms with E-state index in [4.69, 9.17) is 5.41 Å². The van der Waals surface area contributed by atoms with Crippen molar-refractivity contribution in [1.82, 2.24) is 10.9 Å². The molecule has 0 unspecified atom stereocenters. The summed E-state index contributed by atoms with van der Waals surface area (Å²) in [5, 5.41) is 15.2. The molecule has 0 saturated heterocycles. The van der Waals surface area contributed by atoms with Crippen molar-refractivity contribution in [3.63, 3.8) is 0 Å². The molecule has 0 saturated carbocycles. The number of nitrogens with zero attached hydrogens (tertiary/aromatic N) is 2. The SMILES string of the molecule is Cl.N=C(NN=Cc1ccc(Br)cc1)NN=Cc1ccc(C(F)(F)F)cc1. The second-order valence-electron chi connectivity index (χ2n) is 4.79. The number of halogens is 5. The number of hydrazone groups is 2. The summed E-state index contributed by atoms with van der Waals surface area (Å²) in [6, 6.07) is 11.9. The summed E-state index contributed by atoms with van der Waals surface area (Å²) in [6.07, 6.45) is -1.54. The largest absolute Gasteiger partial charge is 0.416 e. The fourth-order valence-electron chi connectivity index (χ4n) is 1.67. The molecule has 2 rings (SSSR count). The van der Waals surface area contributed by atoms with Crippen LogP contribution in [0.15, 0.2) is 63.2 Å². The van der Waals surface area contributed by atoms with Gasteiger partial charge in [0.15, 0.2) is 0 Å². The lowest BCUT2D eigenvalue weighted by Gasteiger charge is -2.05. The van der Waals surface area contributed by atoms with Crippen LogP contribution in [0.3, 0.4) is 0 Å².